The van der Waals surface area contributed by atoms with E-state index >= 15 is 0 Å². The Balaban J connectivity index is 4.73. The van der Waals surface area contributed by atoms with Crippen LogP contribution in [0.15, 0.2) is 12.2 Å². The smallest absolute Gasteiger partial charge is 0.306 e. The van der Waals surface area contributed by atoms with Gasteiger partial charge < -0.3 is 19.8 Å². The Morgan fingerprint density at radius 1 is 0.538 bits per heavy atom. The third-order valence-corrected chi connectivity index (χ3v) is 8.27. The van der Waals surface area contributed by atoms with Crippen LogP contribution in [-0.4, -0.2) is 63.9 Å². The summed E-state index contributed by atoms with van der Waals surface area (Å²) in [6.07, 6.45) is 22.0. The summed E-state index contributed by atoms with van der Waals surface area (Å²) in [5, 5.41) is 28.2. The van der Waals surface area contributed by atoms with Crippen LogP contribution in [0.25, 0.3) is 0 Å². The second-order valence-electron chi connectivity index (χ2n) is 11.9. The molecule has 0 aromatic heterocycles. The van der Waals surface area contributed by atoms with Gasteiger partial charge in [0.25, 0.3) is 0 Å². The maximum atomic E-state index is 11.5. The molecule has 0 aromatic carbocycles. The highest BCUT2D eigenvalue weighted by atomic mass is 16.4. The number of allylic oxidation sites excluding steroid dienone is 2. The largest absolute Gasteiger partial charge is 0.481 e. The monoisotopic (exact) mass is 554 g/mol. The topological polar surface area (TPSA) is 112 Å². The number of nitrogens with zero attached hydrogens (tertiary/aromatic N) is 1. The third kappa shape index (κ3) is 19.8. The molecule has 0 rings (SSSR count). The van der Waals surface area contributed by atoms with E-state index in [1.54, 1.807) is 20.8 Å². The molecule has 0 radical (unpaired) electrons. The van der Waals surface area contributed by atoms with Crippen molar-refractivity contribution < 1.29 is 34.2 Å². The van der Waals surface area contributed by atoms with Gasteiger partial charge in [-0.3, -0.25) is 14.4 Å². The molecule has 0 bridgehead atoms. The molecule has 0 aliphatic heterocycles. The van der Waals surface area contributed by atoms with Crippen molar-refractivity contribution >= 4 is 17.9 Å². The van der Waals surface area contributed by atoms with Gasteiger partial charge in [0.15, 0.2) is 0 Å². The maximum absolute atomic E-state index is 11.5. The molecule has 0 heterocycles. The first-order chi connectivity index (χ1) is 18.5. The Hall–Kier alpha value is -1.89. The standard InChI is InChI=1S/C32H59NO6/c1-5-6-7-8-9-10-11-12-13-14-15-16-17-18-19-23-33(24-20-27(2)30(34)35,25-21-28(3)31(36)37)26-22-29(4)32(38)39/h10-11,27-29H,5-9,12-26H2,1-4H3,(H2-,34,35,36,37,38,39)/p+1/b11-10+. The van der Waals surface area contributed by atoms with E-state index in [0.29, 0.717) is 43.4 Å². The fourth-order valence-electron chi connectivity index (χ4n) is 4.96. The molecule has 0 aliphatic carbocycles. The maximum Gasteiger partial charge on any atom is 0.306 e. The minimum atomic E-state index is -0.826. The lowest BCUT2D eigenvalue weighted by Crippen LogP contribution is -2.52. The van der Waals surface area contributed by atoms with Crippen molar-refractivity contribution in [3.8, 4) is 0 Å². The van der Waals surface area contributed by atoms with Crippen LogP contribution >= 0.6 is 0 Å². The molecular formula is C32H60NO6+. The lowest BCUT2D eigenvalue weighted by atomic mass is 10.0. The van der Waals surface area contributed by atoms with Gasteiger partial charge in [-0.2, -0.15) is 0 Å². The molecule has 0 spiro atoms. The SMILES string of the molecule is CCCCCC/C=C/CCCCCCCCC[N+](CCC(C)C(=O)O)(CCC(C)C(=O)O)CCC(C)C(=O)O. The molecule has 7 heteroatoms. The van der Waals surface area contributed by atoms with Crippen LogP contribution in [0, 0.1) is 17.8 Å². The Kier molecular flexibility index (Phi) is 21.8. The number of aliphatic carboxylic acids is 3. The molecule has 0 aliphatic rings. The van der Waals surface area contributed by atoms with Gasteiger partial charge in [-0.1, -0.05) is 84.8 Å². The number of rotatable bonds is 27. The summed E-state index contributed by atoms with van der Waals surface area (Å²) < 4.78 is 0.609. The van der Waals surface area contributed by atoms with Gasteiger partial charge in [-0.05, 0) is 38.5 Å². The van der Waals surface area contributed by atoms with E-state index in [0.717, 1.165) is 25.8 Å². The molecule has 0 aromatic rings. The summed E-state index contributed by atoms with van der Waals surface area (Å²) in [6.45, 7) is 10.1. The second-order valence-corrected chi connectivity index (χ2v) is 11.9. The van der Waals surface area contributed by atoms with Crippen molar-refractivity contribution in [1.82, 2.24) is 0 Å². The zero-order valence-electron chi connectivity index (χ0n) is 25.5. The number of carboxylic acid groups (broad SMARTS) is 3. The lowest BCUT2D eigenvalue weighted by Gasteiger charge is -2.40. The molecule has 0 saturated heterocycles. The quantitative estimate of drug-likeness (QED) is 0.0543. The number of quaternary nitrogens is 1. The van der Waals surface area contributed by atoms with E-state index in [9.17, 15) is 29.7 Å². The highest BCUT2D eigenvalue weighted by Crippen LogP contribution is 2.22. The van der Waals surface area contributed by atoms with Crippen molar-refractivity contribution in [1.29, 1.82) is 0 Å². The summed E-state index contributed by atoms with van der Waals surface area (Å²) in [4.78, 5) is 34.4. The average molecular weight is 555 g/mol. The number of unbranched alkanes of at least 4 members (excludes halogenated alkanes) is 11. The Bertz CT molecular complexity index is 632. The van der Waals surface area contributed by atoms with E-state index in [-0.39, 0.29) is 0 Å². The van der Waals surface area contributed by atoms with Crippen molar-refractivity contribution in [2.75, 3.05) is 26.2 Å². The molecule has 39 heavy (non-hydrogen) atoms. The molecule has 3 unspecified atom stereocenters. The van der Waals surface area contributed by atoms with Crippen LogP contribution in [-0.2, 0) is 14.4 Å². The summed E-state index contributed by atoms with van der Waals surface area (Å²) in [7, 11) is 0. The van der Waals surface area contributed by atoms with Crippen LogP contribution in [0.3, 0.4) is 0 Å². The molecule has 0 saturated carbocycles. The zero-order chi connectivity index (χ0) is 29.5. The molecule has 3 N–H and O–H groups in total. The number of hydrogen-bond donors (Lipinski definition) is 3. The van der Waals surface area contributed by atoms with Crippen LogP contribution in [0.1, 0.15) is 130 Å². The summed E-state index contributed by atoms with van der Waals surface area (Å²) >= 11 is 0. The molecule has 0 fully saturated rings. The van der Waals surface area contributed by atoms with E-state index in [1.807, 2.05) is 0 Å². The first-order valence-electron chi connectivity index (χ1n) is 15.7. The van der Waals surface area contributed by atoms with E-state index in [2.05, 4.69) is 19.1 Å². The minimum absolute atomic E-state index is 0.479. The normalized spacial score (nSPS) is 15.6. The van der Waals surface area contributed by atoms with Crippen molar-refractivity contribution in [2.45, 2.75) is 130 Å². The van der Waals surface area contributed by atoms with Crippen LogP contribution in [0.2, 0.25) is 0 Å². The van der Waals surface area contributed by atoms with Crippen molar-refractivity contribution in [3.05, 3.63) is 12.2 Å². The van der Waals surface area contributed by atoms with Crippen molar-refractivity contribution in [3.63, 3.8) is 0 Å². The van der Waals surface area contributed by atoms with Gasteiger partial charge in [-0.15, -0.1) is 0 Å². The van der Waals surface area contributed by atoms with Gasteiger partial charge in [-0.25, -0.2) is 0 Å². The Morgan fingerprint density at radius 2 is 0.872 bits per heavy atom. The predicted molar refractivity (Wildman–Crippen MR) is 159 cm³/mol. The average Bonchev–Trinajstić information content (AvgIpc) is 2.90. The molecule has 228 valence electrons. The number of hydrogen-bond acceptors (Lipinski definition) is 3. The summed E-state index contributed by atoms with van der Waals surface area (Å²) in [5.74, 6) is -3.92. The van der Waals surface area contributed by atoms with Gasteiger partial charge in [0, 0.05) is 19.3 Å². The Morgan fingerprint density at radius 3 is 1.23 bits per heavy atom. The zero-order valence-corrected chi connectivity index (χ0v) is 25.5. The van der Waals surface area contributed by atoms with Crippen LogP contribution in [0.4, 0.5) is 0 Å². The van der Waals surface area contributed by atoms with Gasteiger partial charge in [0.05, 0.1) is 43.9 Å². The summed E-state index contributed by atoms with van der Waals surface area (Å²) in [6, 6.07) is 0. The van der Waals surface area contributed by atoms with Gasteiger partial charge in [0.2, 0.25) is 0 Å². The fraction of sp³-hybridized carbons (Fsp3) is 0.844. The van der Waals surface area contributed by atoms with E-state index < -0.39 is 35.7 Å². The van der Waals surface area contributed by atoms with Gasteiger partial charge >= 0.3 is 17.9 Å². The van der Waals surface area contributed by atoms with E-state index in [1.165, 1.54) is 64.2 Å². The minimum Gasteiger partial charge on any atom is -0.481 e. The van der Waals surface area contributed by atoms with Crippen LogP contribution < -0.4 is 0 Å². The number of carboxylic acids is 3. The molecule has 0 amide bonds. The summed E-state index contributed by atoms with van der Waals surface area (Å²) in [5.41, 5.74) is 0. The molecule has 7 nitrogen and oxygen atoms in total. The third-order valence-electron chi connectivity index (χ3n) is 8.27. The van der Waals surface area contributed by atoms with Gasteiger partial charge in [0.1, 0.15) is 0 Å². The predicted octanol–water partition coefficient (Wildman–Crippen LogP) is 7.78. The fourth-order valence-corrected chi connectivity index (χ4v) is 4.96. The highest BCUT2D eigenvalue weighted by Gasteiger charge is 2.31. The first-order valence-corrected chi connectivity index (χ1v) is 15.7. The van der Waals surface area contributed by atoms with Crippen LogP contribution in [0.5, 0.6) is 0 Å². The second kappa shape index (κ2) is 22.9. The molecule has 3 atom stereocenters. The van der Waals surface area contributed by atoms with E-state index in [4.69, 9.17) is 0 Å². The first kappa shape index (κ1) is 37.1. The lowest BCUT2D eigenvalue weighted by molar-refractivity contribution is -0.929. The highest BCUT2D eigenvalue weighted by molar-refractivity contribution is 5.70. The number of carbonyl (C=O) groups is 3. The molecular weight excluding hydrogens is 494 g/mol. The Labute approximate surface area is 238 Å². The van der Waals surface area contributed by atoms with Crippen molar-refractivity contribution in [2.24, 2.45) is 17.8 Å².